The number of hydrogen-bond acceptors (Lipinski definition) is 3. The summed E-state index contributed by atoms with van der Waals surface area (Å²) < 4.78 is 5.02. The lowest BCUT2D eigenvalue weighted by Gasteiger charge is -2.16. The second kappa shape index (κ2) is 8.73. The molecule has 0 saturated heterocycles. The van der Waals surface area contributed by atoms with Crippen LogP contribution in [0.1, 0.15) is 5.56 Å². The highest BCUT2D eigenvalue weighted by molar-refractivity contribution is 6.42. The van der Waals surface area contributed by atoms with Gasteiger partial charge in [0.25, 0.3) is 0 Å². The number of likely N-dealkylation sites (N-methyl/N-ethyl adjacent to an activating group) is 1. The van der Waals surface area contributed by atoms with Crippen LogP contribution in [0.25, 0.3) is 0 Å². The van der Waals surface area contributed by atoms with Gasteiger partial charge < -0.3 is 15.0 Å². The van der Waals surface area contributed by atoms with Crippen LogP contribution < -0.4 is 5.32 Å². The van der Waals surface area contributed by atoms with Gasteiger partial charge in [0, 0.05) is 33.3 Å². The van der Waals surface area contributed by atoms with Crippen LogP contribution in [-0.4, -0.2) is 45.3 Å². The summed E-state index contributed by atoms with van der Waals surface area (Å²) in [6, 6.07) is 5.69. The molecule has 0 aliphatic heterocycles. The molecule has 5 heteroatoms. The van der Waals surface area contributed by atoms with E-state index in [1.54, 1.807) is 13.2 Å². The van der Waals surface area contributed by atoms with Crippen LogP contribution in [-0.2, 0) is 11.3 Å². The number of hydrogen-bond donors (Lipinski definition) is 1. The Kier molecular flexibility index (Phi) is 7.63. The van der Waals surface area contributed by atoms with Crippen LogP contribution >= 0.6 is 23.2 Å². The molecule has 0 atom stereocenters. The molecule has 3 nitrogen and oxygen atoms in total. The maximum absolute atomic E-state index is 6.10. The monoisotopic (exact) mass is 290 g/mol. The molecular weight excluding hydrogens is 271 g/mol. The van der Waals surface area contributed by atoms with Gasteiger partial charge in [0.1, 0.15) is 0 Å². The molecule has 0 saturated carbocycles. The normalized spacial score (nSPS) is 11.2. The van der Waals surface area contributed by atoms with Crippen LogP contribution in [0.2, 0.25) is 10.0 Å². The average Bonchev–Trinajstić information content (AvgIpc) is 2.37. The number of halogens is 2. The Labute approximate surface area is 119 Å². The molecule has 1 rings (SSSR count). The van der Waals surface area contributed by atoms with Gasteiger partial charge in [-0.2, -0.15) is 0 Å². The van der Waals surface area contributed by atoms with E-state index in [-0.39, 0.29) is 0 Å². The first-order valence-electron chi connectivity index (χ1n) is 5.96. The zero-order valence-corrected chi connectivity index (χ0v) is 12.4. The zero-order valence-electron chi connectivity index (χ0n) is 10.9. The summed E-state index contributed by atoms with van der Waals surface area (Å²) in [5, 5.41) is 4.59. The first kappa shape index (κ1) is 15.7. The van der Waals surface area contributed by atoms with Gasteiger partial charge in [-0.25, -0.2) is 0 Å². The molecule has 1 aromatic rings. The zero-order chi connectivity index (χ0) is 13.4. The lowest BCUT2D eigenvalue weighted by atomic mass is 10.2. The van der Waals surface area contributed by atoms with Crippen LogP contribution in [0, 0.1) is 0 Å². The average molecular weight is 291 g/mol. The molecule has 0 aliphatic rings. The van der Waals surface area contributed by atoms with Crippen molar-refractivity contribution in [2.24, 2.45) is 0 Å². The van der Waals surface area contributed by atoms with E-state index in [4.69, 9.17) is 27.9 Å². The van der Waals surface area contributed by atoms with Gasteiger partial charge in [0.15, 0.2) is 0 Å². The van der Waals surface area contributed by atoms with E-state index >= 15 is 0 Å². The van der Waals surface area contributed by atoms with Gasteiger partial charge in [-0.15, -0.1) is 0 Å². The van der Waals surface area contributed by atoms with Crippen molar-refractivity contribution in [2.75, 3.05) is 40.4 Å². The molecule has 1 aromatic carbocycles. The highest BCUT2D eigenvalue weighted by atomic mass is 35.5. The quantitative estimate of drug-likeness (QED) is 0.745. The maximum Gasteiger partial charge on any atom is 0.0637 e. The Morgan fingerprint density at radius 2 is 2.06 bits per heavy atom. The third-order valence-corrected chi connectivity index (χ3v) is 3.55. The highest BCUT2D eigenvalue weighted by Gasteiger charge is 2.03. The van der Waals surface area contributed by atoms with Crippen molar-refractivity contribution in [3.63, 3.8) is 0 Å². The minimum absolute atomic E-state index is 0.605. The molecule has 0 spiro atoms. The molecule has 0 fully saturated rings. The molecule has 102 valence electrons. The van der Waals surface area contributed by atoms with Crippen molar-refractivity contribution >= 4 is 23.2 Å². The minimum Gasteiger partial charge on any atom is -0.383 e. The number of rotatable bonds is 8. The number of nitrogens with zero attached hydrogens (tertiary/aromatic N) is 1. The third-order valence-electron chi connectivity index (χ3n) is 2.69. The number of nitrogens with one attached hydrogen (secondary N) is 1. The summed E-state index contributed by atoms with van der Waals surface area (Å²) in [4.78, 5) is 2.22. The molecular formula is C13H20Cl2N2O. The van der Waals surface area contributed by atoms with Gasteiger partial charge >= 0.3 is 0 Å². The highest BCUT2D eigenvalue weighted by Crippen LogP contribution is 2.25. The fraction of sp³-hybridized carbons (Fsp3) is 0.538. The van der Waals surface area contributed by atoms with Crippen molar-refractivity contribution in [1.82, 2.24) is 10.2 Å². The first-order valence-corrected chi connectivity index (χ1v) is 6.72. The smallest absolute Gasteiger partial charge is 0.0637 e. The standard InChI is InChI=1S/C13H20Cl2N2O/c1-17(8-9-18-2)7-6-16-10-11-4-3-5-12(14)13(11)15/h3-5,16H,6-10H2,1-2H3. The van der Waals surface area contributed by atoms with Gasteiger partial charge in [-0.05, 0) is 18.7 Å². The van der Waals surface area contributed by atoms with E-state index in [0.29, 0.717) is 10.0 Å². The number of ether oxygens (including phenoxy) is 1. The molecule has 0 aliphatic carbocycles. The predicted molar refractivity (Wildman–Crippen MR) is 77.5 cm³/mol. The molecule has 1 N–H and O–H groups in total. The molecule has 0 aromatic heterocycles. The lowest BCUT2D eigenvalue weighted by molar-refractivity contribution is 0.161. The van der Waals surface area contributed by atoms with Gasteiger partial charge in [0.05, 0.1) is 16.7 Å². The lowest BCUT2D eigenvalue weighted by Crippen LogP contribution is -2.31. The van der Waals surface area contributed by atoms with Crippen LogP contribution in [0.15, 0.2) is 18.2 Å². The fourth-order valence-electron chi connectivity index (χ4n) is 1.54. The minimum atomic E-state index is 0.605. The van der Waals surface area contributed by atoms with Gasteiger partial charge in [-0.3, -0.25) is 0 Å². The van der Waals surface area contributed by atoms with Crippen LogP contribution in [0.4, 0.5) is 0 Å². The summed E-state index contributed by atoms with van der Waals surface area (Å²) in [7, 11) is 3.79. The van der Waals surface area contributed by atoms with Crippen molar-refractivity contribution in [2.45, 2.75) is 6.54 Å². The second-order valence-corrected chi connectivity index (χ2v) is 4.97. The molecule has 0 amide bonds. The van der Waals surface area contributed by atoms with Gasteiger partial charge in [-0.1, -0.05) is 35.3 Å². The summed E-state index contributed by atoms with van der Waals surface area (Å²) in [6.45, 7) is 4.31. The molecule has 0 radical (unpaired) electrons. The summed E-state index contributed by atoms with van der Waals surface area (Å²) in [6.07, 6.45) is 0. The molecule has 0 unspecified atom stereocenters. The largest absolute Gasteiger partial charge is 0.383 e. The van der Waals surface area contributed by atoms with Crippen molar-refractivity contribution < 1.29 is 4.74 Å². The van der Waals surface area contributed by atoms with E-state index < -0.39 is 0 Å². The Balaban J connectivity index is 2.23. The van der Waals surface area contributed by atoms with E-state index in [9.17, 15) is 0 Å². The van der Waals surface area contributed by atoms with E-state index in [0.717, 1.165) is 38.3 Å². The Morgan fingerprint density at radius 3 is 2.78 bits per heavy atom. The third kappa shape index (κ3) is 5.55. The predicted octanol–water partition coefficient (Wildman–Crippen LogP) is 2.66. The van der Waals surface area contributed by atoms with E-state index in [1.807, 2.05) is 12.1 Å². The SMILES string of the molecule is COCCN(C)CCNCc1cccc(Cl)c1Cl. The van der Waals surface area contributed by atoms with Crippen molar-refractivity contribution in [1.29, 1.82) is 0 Å². The number of methoxy groups -OCH3 is 1. The topological polar surface area (TPSA) is 24.5 Å². The van der Waals surface area contributed by atoms with Gasteiger partial charge in [0.2, 0.25) is 0 Å². The molecule has 18 heavy (non-hydrogen) atoms. The Hall–Kier alpha value is -0.320. The van der Waals surface area contributed by atoms with Crippen LogP contribution in [0.5, 0.6) is 0 Å². The van der Waals surface area contributed by atoms with Crippen LogP contribution in [0.3, 0.4) is 0 Å². The summed E-state index contributed by atoms with van der Waals surface area (Å²) in [5.41, 5.74) is 1.03. The first-order chi connectivity index (χ1) is 8.65. The fourth-order valence-corrected chi connectivity index (χ4v) is 1.92. The Bertz CT molecular complexity index is 361. The second-order valence-electron chi connectivity index (χ2n) is 4.19. The maximum atomic E-state index is 6.10. The van der Waals surface area contributed by atoms with Crippen molar-refractivity contribution in [3.8, 4) is 0 Å². The summed E-state index contributed by atoms with van der Waals surface area (Å²) >= 11 is 12.1. The molecule has 0 bridgehead atoms. The van der Waals surface area contributed by atoms with E-state index in [2.05, 4.69) is 17.3 Å². The molecule has 0 heterocycles. The Morgan fingerprint density at radius 1 is 1.28 bits per heavy atom. The van der Waals surface area contributed by atoms with E-state index in [1.165, 1.54) is 0 Å². The summed E-state index contributed by atoms with van der Waals surface area (Å²) in [5.74, 6) is 0. The number of benzene rings is 1. The van der Waals surface area contributed by atoms with Crippen molar-refractivity contribution in [3.05, 3.63) is 33.8 Å².